The van der Waals surface area contributed by atoms with Gasteiger partial charge in [0.2, 0.25) is 11.8 Å². The molecule has 6 nitrogen and oxygen atoms in total. The first-order valence-electron chi connectivity index (χ1n) is 5.01. The highest BCUT2D eigenvalue weighted by atomic mass is 35.5. The molecule has 0 saturated heterocycles. The monoisotopic (exact) mass is 273 g/mol. The van der Waals surface area contributed by atoms with Crippen molar-refractivity contribution < 1.29 is 19.3 Å². The molecule has 0 aliphatic heterocycles. The number of aromatic hydroxyl groups is 2. The molecule has 2 heterocycles. The van der Waals surface area contributed by atoms with E-state index in [1.165, 1.54) is 0 Å². The Morgan fingerprint density at radius 2 is 1.89 bits per heavy atom. The number of ether oxygens (including phenoxy) is 1. The summed E-state index contributed by atoms with van der Waals surface area (Å²) in [5.74, 6) is -1.68. The van der Waals surface area contributed by atoms with Crippen molar-refractivity contribution in [2.75, 3.05) is 0 Å². The van der Waals surface area contributed by atoms with E-state index in [0.29, 0.717) is 0 Å². The highest BCUT2D eigenvalue weighted by molar-refractivity contribution is 6.30. The fourth-order valence-corrected chi connectivity index (χ4v) is 1.56. The third-order valence-corrected chi connectivity index (χ3v) is 2.28. The molecule has 2 aromatic rings. The maximum absolute atomic E-state index is 13.7. The Kier molecular flexibility index (Phi) is 3.08. The second-order valence-electron chi connectivity index (χ2n) is 3.76. The minimum absolute atomic E-state index is 0.0936. The van der Waals surface area contributed by atoms with Gasteiger partial charge < -0.3 is 14.9 Å². The number of aromatic nitrogens is 3. The van der Waals surface area contributed by atoms with Gasteiger partial charge in [-0.15, -0.1) is 0 Å². The van der Waals surface area contributed by atoms with Gasteiger partial charge >= 0.3 is 6.01 Å². The van der Waals surface area contributed by atoms with Crippen molar-refractivity contribution in [2.24, 2.45) is 0 Å². The molecule has 0 radical (unpaired) electrons. The van der Waals surface area contributed by atoms with Crippen molar-refractivity contribution in [3.8, 4) is 17.8 Å². The molecule has 0 unspecified atom stereocenters. The number of fused-ring (bicyclic) bond motifs is 1. The molecule has 0 aliphatic rings. The fraction of sp³-hybridized carbons (Fsp3) is 0.300. The molecular weight excluding hydrogens is 265 g/mol. The Labute approximate surface area is 106 Å². The van der Waals surface area contributed by atoms with Crippen molar-refractivity contribution in [2.45, 2.75) is 20.0 Å². The lowest BCUT2D eigenvalue weighted by atomic mass is 10.3. The molecule has 96 valence electrons. The minimum atomic E-state index is -0.962. The van der Waals surface area contributed by atoms with Gasteiger partial charge in [0.1, 0.15) is 10.9 Å². The van der Waals surface area contributed by atoms with E-state index in [2.05, 4.69) is 15.0 Å². The number of hydrogen-bond acceptors (Lipinski definition) is 6. The van der Waals surface area contributed by atoms with Crippen LogP contribution in [0.1, 0.15) is 13.8 Å². The topological polar surface area (TPSA) is 88.4 Å². The van der Waals surface area contributed by atoms with Gasteiger partial charge in [-0.2, -0.15) is 15.0 Å². The largest absolute Gasteiger partial charge is 0.493 e. The zero-order valence-electron chi connectivity index (χ0n) is 9.48. The third-order valence-electron chi connectivity index (χ3n) is 2.03. The summed E-state index contributed by atoms with van der Waals surface area (Å²) < 4.78 is 19.0. The summed E-state index contributed by atoms with van der Waals surface area (Å²) in [4.78, 5) is 10.5. The Balaban J connectivity index is 2.83. The average Bonchev–Trinajstić information content (AvgIpc) is 2.23. The number of rotatable bonds is 2. The lowest BCUT2D eigenvalue weighted by molar-refractivity contribution is 0.235. The zero-order valence-corrected chi connectivity index (χ0v) is 10.2. The normalized spacial score (nSPS) is 11.2. The van der Waals surface area contributed by atoms with Gasteiger partial charge in [0, 0.05) is 0 Å². The predicted octanol–water partition coefficient (Wildman–Crippen LogP) is 2.02. The smallest absolute Gasteiger partial charge is 0.317 e. The minimum Gasteiger partial charge on any atom is -0.493 e. The molecule has 2 aromatic heterocycles. The molecule has 2 N–H and O–H groups in total. The van der Waals surface area contributed by atoms with E-state index in [1.807, 2.05) is 0 Å². The molecule has 0 aliphatic carbocycles. The van der Waals surface area contributed by atoms with Gasteiger partial charge in [-0.05, 0) is 13.8 Å². The van der Waals surface area contributed by atoms with Crippen molar-refractivity contribution in [1.82, 2.24) is 15.0 Å². The number of hydrogen-bond donors (Lipinski definition) is 2. The van der Waals surface area contributed by atoms with Crippen LogP contribution in [0.2, 0.25) is 5.15 Å². The van der Waals surface area contributed by atoms with E-state index in [-0.39, 0.29) is 22.9 Å². The van der Waals surface area contributed by atoms with Crippen LogP contribution in [0, 0.1) is 5.82 Å². The molecule has 0 fully saturated rings. The summed E-state index contributed by atoms with van der Waals surface area (Å²) >= 11 is 5.59. The number of nitrogens with zero attached hydrogens (tertiary/aromatic N) is 3. The van der Waals surface area contributed by atoms with Gasteiger partial charge in [-0.3, -0.25) is 0 Å². The van der Waals surface area contributed by atoms with Crippen molar-refractivity contribution in [1.29, 1.82) is 0 Å². The summed E-state index contributed by atoms with van der Waals surface area (Å²) in [5, 5.41) is 18.2. The maximum Gasteiger partial charge on any atom is 0.317 e. The Bertz CT molecular complexity index is 621. The lowest BCUT2D eigenvalue weighted by Gasteiger charge is -2.12. The van der Waals surface area contributed by atoms with E-state index >= 15 is 0 Å². The molecule has 18 heavy (non-hydrogen) atoms. The first-order valence-corrected chi connectivity index (χ1v) is 5.39. The molecule has 0 atom stereocenters. The third kappa shape index (κ3) is 2.08. The van der Waals surface area contributed by atoms with Crippen LogP contribution in [0.25, 0.3) is 10.9 Å². The molecule has 0 bridgehead atoms. The van der Waals surface area contributed by atoms with E-state index in [0.717, 1.165) is 0 Å². The molecule has 0 amide bonds. The number of halogens is 2. The maximum atomic E-state index is 13.7. The molecule has 0 spiro atoms. The van der Waals surface area contributed by atoms with Crippen LogP contribution >= 0.6 is 11.6 Å². The first kappa shape index (κ1) is 12.6. The van der Waals surface area contributed by atoms with Crippen LogP contribution in [0.4, 0.5) is 4.39 Å². The summed E-state index contributed by atoms with van der Waals surface area (Å²) in [6, 6.07) is -0.767. The fourth-order valence-electron chi connectivity index (χ4n) is 1.39. The van der Waals surface area contributed by atoms with Crippen LogP contribution in [0.3, 0.4) is 0 Å². The predicted molar refractivity (Wildman–Crippen MR) is 61.4 cm³/mol. The lowest BCUT2D eigenvalue weighted by Crippen LogP contribution is -2.08. The second kappa shape index (κ2) is 4.41. The van der Waals surface area contributed by atoms with Crippen molar-refractivity contribution >= 4 is 22.5 Å². The standard InChI is InChI=1S/C10H9ClFN3O3/c1-3(2)18-9-4-6(5(12)7(11)14-9)13-10(17)15-8(4)16/h3H,1-2H3,(H2,13,15,16,17). The van der Waals surface area contributed by atoms with E-state index in [1.54, 1.807) is 13.8 Å². The first-order chi connectivity index (χ1) is 8.40. The van der Waals surface area contributed by atoms with Gasteiger partial charge in [0.15, 0.2) is 11.0 Å². The Morgan fingerprint density at radius 1 is 1.22 bits per heavy atom. The summed E-state index contributed by atoms with van der Waals surface area (Å²) in [6.07, 6.45) is -0.268. The van der Waals surface area contributed by atoms with E-state index < -0.39 is 22.9 Å². The molecule has 2 rings (SSSR count). The average molecular weight is 274 g/mol. The van der Waals surface area contributed by atoms with Crippen LogP contribution < -0.4 is 4.74 Å². The zero-order chi connectivity index (χ0) is 13.4. The van der Waals surface area contributed by atoms with Crippen LogP contribution in [0.5, 0.6) is 17.8 Å². The van der Waals surface area contributed by atoms with Crippen molar-refractivity contribution in [3.63, 3.8) is 0 Å². The van der Waals surface area contributed by atoms with E-state index in [9.17, 15) is 9.50 Å². The summed E-state index contributed by atoms with van der Waals surface area (Å²) in [6.45, 7) is 3.45. The molecule has 0 aromatic carbocycles. The van der Waals surface area contributed by atoms with Gasteiger partial charge in [0.25, 0.3) is 0 Å². The van der Waals surface area contributed by atoms with E-state index in [4.69, 9.17) is 21.4 Å². The van der Waals surface area contributed by atoms with Crippen LogP contribution in [-0.4, -0.2) is 31.3 Å². The Morgan fingerprint density at radius 3 is 2.50 bits per heavy atom. The highest BCUT2D eigenvalue weighted by Gasteiger charge is 2.21. The quantitative estimate of drug-likeness (QED) is 0.814. The molecular formula is C10H9ClFN3O3. The van der Waals surface area contributed by atoms with Crippen molar-refractivity contribution in [3.05, 3.63) is 11.0 Å². The highest BCUT2D eigenvalue weighted by Crippen LogP contribution is 2.35. The second-order valence-corrected chi connectivity index (χ2v) is 4.12. The van der Waals surface area contributed by atoms with Gasteiger partial charge in [0.05, 0.1) is 6.10 Å². The van der Waals surface area contributed by atoms with Crippen LogP contribution in [-0.2, 0) is 0 Å². The summed E-state index contributed by atoms with van der Waals surface area (Å²) in [7, 11) is 0. The SMILES string of the molecule is CC(C)Oc1nc(Cl)c(F)c2nc(O)nc(O)c12. The summed E-state index contributed by atoms with van der Waals surface area (Å²) in [5.41, 5.74) is -0.351. The van der Waals surface area contributed by atoms with Crippen LogP contribution in [0.15, 0.2) is 0 Å². The van der Waals surface area contributed by atoms with Gasteiger partial charge in [-0.25, -0.2) is 4.39 Å². The molecule has 8 heteroatoms. The van der Waals surface area contributed by atoms with Gasteiger partial charge in [-0.1, -0.05) is 11.6 Å². The number of pyridine rings is 1. The molecule has 0 saturated carbocycles. The Hall–Kier alpha value is -1.89.